The van der Waals surface area contributed by atoms with Gasteiger partial charge in [0.2, 0.25) is 0 Å². The molecule has 0 saturated carbocycles. The van der Waals surface area contributed by atoms with Gasteiger partial charge in [-0.2, -0.15) is 0 Å². The Morgan fingerprint density at radius 3 is 2.24 bits per heavy atom. The van der Waals surface area contributed by atoms with Crippen LogP contribution in [0.2, 0.25) is 0 Å². The van der Waals surface area contributed by atoms with Crippen molar-refractivity contribution >= 4 is 35.0 Å². The van der Waals surface area contributed by atoms with E-state index in [1.807, 2.05) is 39.0 Å². The Hall–Kier alpha value is -0.350. The fraction of sp³-hybridized carbons (Fsp3) is 0.600. The van der Waals surface area contributed by atoms with E-state index < -0.39 is 0 Å². The summed E-state index contributed by atoms with van der Waals surface area (Å²) in [5.74, 6) is 1.40. The zero-order valence-electron chi connectivity index (χ0n) is 17.0. The van der Waals surface area contributed by atoms with Crippen LogP contribution in [0.25, 0.3) is 0 Å². The van der Waals surface area contributed by atoms with Crippen LogP contribution in [0.4, 0.5) is 0 Å². The van der Waals surface area contributed by atoms with Crippen LogP contribution in [-0.4, -0.2) is 21.8 Å². The van der Waals surface area contributed by atoms with E-state index in [1.165, 1.54) is 17.0 Å². The highest BCUT2D eigenvalue weighted by atomic mass is 35.5. The third-order valence-corrected chi connectivity index (χ3v) is 4.87. The van der Waals surface area contributed by atoms with E-state index in [0.717, 1.165) is 28.5 Å². The van der Waals surface area contributed by atoms with Gasteiger partial charge in [-0.3, -0.25) is 0 Å². The number of rotatable bonds is 7. The average Bonchev–Trinajstić information content (AvgIpc) is 2.82. The molecule has 0 aromatic carbocycles. The Morgan fingerprint density at radius 1 is 1.24 bits per heavy atom. The largest absolute Gasteiger partial charge is 0.392 e. The predicted molar refractivity (Wildman–Crippen MR) is 117 cm³/mol. The Labute approximate surface area is 169 Å². The number of hydrogen-bond acceptors (Lipinski definition) is 2. The molecule has 1 aromatic heterocycles. The van der Waals surface area contributed by atoms with Gasteiger partial charge in [0, 0.05) is 35.5 Å². The van der Waals surface area contributed by atoms with E-state index in [4.69, 9.17) is 11.6 Å². The molecule has 0 aliphatic heterocycles. The van der Waals surface area contributed by atoms with Crippen LogP contribution in [0.5, 0.6) is 0 Å². The van der Waals surface area contributed by atoms with Crippen LogP contribution in [0.3, 0.4) is 0 Å². The van der Waals surface area contributed by atoms with E-state index in [9.17, 15) is 5.11 Å². The van der Waals surface area contributed by atoms with Gasteiger partial charge in [-0.15, -0.1) is 23.4 Å². The molecular formula is C20H35Cl2NOS. The topological polar surface area (TPSA) is 25.2 Å². The van der Waals surface area contributed by atoms with E-state index in [2.05, 4.69) is 44.0 Å². The zero-order valence-corrected chi connectivity index (χ0v) is 19.3. The van der Waals surface area contributed by atoms with Gasteiger partial charge >= 0.3 is 0 Å². The second-order valence-corrected chi connectivity index (χ2v) is 7.01. The standard InChI is InChI=1S/C17H26ClNOS.C2H6.CH3Cl/c1-6-7-14(18)8-9-21-17-15(10-12(2)3)16(11-20)13(4)19(17)5;2*1-2/h6-8,12,20H,9-11H2,1-5H3;1-2H3;1H3/b7-6-,14-8+;;. The Bertz CT molecular complexity index is 534. The van der Waals surface area contributed by atoms with Crippen molar-refractivity contribution in [2.75, 3.05) is 12.1 Å². The number of aliphatic hydroxyl groups excluding tert-OH is 1. The molecular weight excluding hydrogens is 373 g/mol. The maximum atomic E-state index is 9.67. The van der Waals surface area contributed by atoms with Crippen LogP contribution in [0.15, 0.2) is 28.3 Å². The summed E-state index contributed by atoms with van der Waals surface area (Å²) in [6.07, 6.45) is 8.31. The van der Waals surface area contributed by atoms with Gasteiger partial charge in [-0.1, -0.05) is 51.4 Å². The molecule has 0 aliphatic carbocycles. The lowest BCUT2D eigenvalue weighted by Gasteiger charge is -2.09. The summed E-state index contributed by atoms with van der Waals surface area (Å²) >= 11 is 12.5. The molecule has 0 radical (unpaired) electrons. The van der Waals surface area contributed by atoms with Crippen molar-refractivity contribution in [1.82, 2.24) is 4.57 Å². The molecule has 1 heterocycles. The molecule has 5 heteroatoms. The normalized spacial score (nSPS) is 11.3. The molecule has 0 atom stereocenters. The first-order valence-corrected chi connectivity index (χ1v) is 10.8. The summed E-state index contributed by atoms with van der Waals surface area (Å²) in [5, 5.41) is 11.7. The van der Waals surface area contributed by atoms with Gasteiger partial charge in [0.25, 0.3) is 0 Å². The zero-order chi connectivity index (χ0) is 20.0. The van der Waals surface area contributed by atoms with Crippen LogP contribution in [0, 0.1) is 12.8 Å². The highest BCUT2D eigenvalue weighted by molar-refractivity contribution is 7.99. The van der Waals surface area contributed by atoms with E-state index in [1.54, 1.807) is 11.8 Å². The minimum absolute atomic E-state index is 0.109. The summed E-state index contributed by atoms with van der Waals surface area (Å²) in [4.78, 5) is 0. The lowest BCUT2D eigenvalue weighted by atomic mass is 10.0. The van der Waals surface area contributed by atoms with Crippen molar-refractivity contribution < 1.29 is 5.11 Å². The third-order valence-electron chi connectivity index (χ3n) is 3.46. The quantitative estimate of drug-likeness (QED) is 0.309. The van der Waals surface area contributed by atoms with E-state index >= 15 is 0 Å². The maximum absolute atomic E-state index is 9.67. The molecule has 0 bridgehead atoms. The van der Waals surface area contributed by atoms with Crippen molar-refractivity contribution in [1.29, 1.82) is 0 Å². The van der Waals surface area contributed by atoms with Crippen molar-refractivity contribution in [2.24, 2.45) is 13.0 Å². The van der Waals surface area contributed by atoms with Gasteiger partial charge < -0.3 is 9.67 Å². The lowest BCUT2D eigenvalue weighted by molar-refractivity contribution is 0.279. The predicted octanol–water partition coefficient (Wildman–Crippen LogP) is 6.70. The van der Waals surface area contributed by atoms with Crippen LogP contribution < -0.4 is 0 Å². The maximum Gasteiger partial charge on any atom is 0.0787 e. The van der Waals surface area contributed by atoms with E-state index in [0.29, 0.717) is 5.92 Å². The minimum atomic E-state index is 0.109. The molecule has 25 heavy (non-hydrogen) atoms. The van der Waals surface area contributed by atoms with Crippen LogP contribution in [-0.2, 0) is 20.1 Å². The second-order valence-electron chi connectivity index (χ2n) is 5.56. The Morgan fingerprint density at radius 2 is 1.80 bits per heavy atom. The fourth-order valence-corrected chi connectivity index (χ4v) is 3.77. The Balaban J connectivity index is 0. The first-order valence-electron chi connectivity index (χ1n) is 8.69. The average molecular weight is 408 g/mol. The number of halogens is 2. The van der Waals surface area contributed by atoms with Crippen molar-refractivity contribution in [3.05, 3.63) is 40.1 Å². The smallest absolute Gasteiger partial charge is 0.0787 e. The highest BCUT2D eigenvalue weighted by Gasteiger charge is 2.18. The number of aromatic nitrogens is 1. The number of nitrogens with zero attached hydrogens (tertiary/aromatic N) is 1. The second kappa shape index (κ2) is 15.9. The van der Waals surface area contributed by atoms with Crippen molar-refractivity contribution in [3.63, 3.8) is 0 Å². The number of alkyl halides is 1. The fourth-order valence-electron chi connectivity index (χ4n) is 2.34. The molecule has 1 aromatic rings. The summed E-state index contributed by atoms with van der Waals surface area (Å²) in [7, 11) is 2.07. The lowest BCUT2D eigenvalue weighted by Crippen LogP contribution is -1.99. The monoisotopic (exact) mass is 407 g/mol. The van der Waals surface area contributed by atoms with Crippen molar-refractivity contribution in [3.8, 4) is 0 Å². The van der Waals surface area contributed by atoms with Crippen LogP contribution in [0.1, 0.15) is 51.4 Å². The van der Waals surface area contributed by atoms with Gasteiger partial charge in [0.1, 0.15) is 0 Å². The SMILES string of the molecule is C/C=C\C(Cl)=C/CSc1c(CC(C)C)c(CO)c(C)n1C.CC.CCl. The molecule has 0 fully saturated rings. The summed E-state index contributed by atoms with van der Waals surface area (Å²) in [5.41, 5.74) is 3.52. The molecule has 1 N–H and O–H groups in total. The number of allylic oxidation sites excluding steroid dienone is 3. The minimum Gasteiger partial charge on any atom is -0.392 e. The third kappa shape index (κ3) is 9.23. The van der Waals surface area contributed by atoms with Crippen molar-refractivity contribution in [2.45, 2.75) is 59.6 Å². The summed E-state index contributed by atoms with van der Waals surface area (Å²) in [6.45, 7) is 12.6. The van der Waals surface area contributed by atoms with Gasteiger partial charge in [-0.05, 0) is 37.8 Å². The summed E-state index contributed by atoms with van der Waals surface area (Å²) in [6, 6.07) is 0. The molecule has 0 spiro atoms. The first-order chi connectivity index (χ1) is 11.9. The van der Waals surface area contributed by atoms with Gasteiger partial charge in [-0.25, -0.2) is 0 Å². The Kier molecular flexibility index (Phi) is 17.1. The van der Waals surface area contributed by atoms with Gasteiger partial charge in [0.05, 0.1) is 11.6 Å². The number of aliphatic hydroxyl groups is 1. The molecule has 0 amide bonds. The number of hydrogen-bond donors (Lipinski definition) is 1. The molecule has 2 nitrogen and oxygen atoms in total. The molecule has 0 unspecified atom stereocenters. The van der Waals surface area contributed by atoms with E-state index in [-0.39, 0.29) is 6.61 Å². The molecule has 1 rings (SSSR count). The molecule has 0 saturated heterocycles. The first kappa shape index (κ1) is 26.9. The molecule has 146 valence electrons. The summed E-state index contributed by atoms with van der Waals surface area (Å²) < 4.78 is 2.19. The number of thioether (sulfide) groups is 1. The molecule has 0 aliphatic rings. The highest BCUT2D eigenvalue weighted by Crippen LogP contribution is 2.32. The van der Waals surface area contributed by atoms with Crippen LogP contribution >= 0.6 is 35.0 Å². The van der Waals surface area contributed by atoms with Gasteiger partial charge in [0.15, 0.2) is 0 Å².